The maximum atomic E-state index is 12.9. The Balaban J connectivity index is 1.20. The number of benzene rings is 2. The first-order valence-corrected chi connectivity index (χ1v) is 15.0. The minimum absolute atomic E-state index is 0.0328. The van der Waals surface area contributed by atoms with Crippen molar-refractivity contribution in [3.05, 3.63) is 131 Å². The molecule has 5 aromatic rings. The molecular weight excluding hydrogens is 583 g/mol. The summed E-state index contributed by atoms with van der Waals surface area (Å²) in [6, 6.07) is 23.8. The molecule has 12 heteroatoms. The van der Waals surface area contributed by atoms with Crippen molar-refractivity contribution in [2.24, 2.45) is 0 Å². The lowest BCUT2D eigenvalue weighted by Gasteiger charge is -2.20. The van der Waals surface area contributed by atoms with Gasteiger partial charge in [0.15, 0.2) is 5.78 Å². The zero-order valence-electron chi connectivity index (χ0n) is 25.5. The van der Waals surface area contributed by atoms with Gasteiger partial charge in [-0.1, -0.05) is 41.6 Å². The van der Waals surface area contributed by atoms with Crippen molar-refractivity contribution in [1.29, 1.82) is 0 Å². The second-order valence-corrected chi connectivity index (χ2v) is 11.3. The molecule has 0 amide bonds. The fraction of sp³-hybridized carbons (Fsp3) is 0.235. The molecule has 3 N–H and O–H groups in total. The van der Waals surface area contributed by atoms with Gasteiger partial charge in [0.25, 0.3) is 0 Å². The van der Waals surface area contributed by atoms with Crippen molar-refractivity contribution in [1.82, 2.24) is 29.9 Å². The first kappa shape index (κ1) is 32.4. The quantitative estimate of drug-likeness (QED) is 0.117. The topological polar surface area (TPSA) is 155 Å². The van der Waals surface area contributed by atoms with Crippen LogP contribution in [0.25, 0.3) is 5.69 Å². The van der Waals surface area contributed by atoms with Crippen LogP contribution in [-0.4, -0.2) is 63.7 Å². The lowest BCUT2D eigenvalue weighted by Crippen LogP contribution is -2.25. The van der Waals surface area contributed by atoms with Crippen molar-refractivity contribution >= 4 is 18.7 Å². The van der Waals surface area contributed by atoms with Crippen LogP contribution in [-0.2, 0) is 37.3 Å². The Kier molecular flexibility index (Phi) is 10.8. The number of carbonyl (C=O) groups is 2. The predicted octanol–water partition coefficient (Wildman–Crippen LogP) is 3.76. The van der Waals surface area contributed by atoms with E-state index in [9.17, 15) is 24.7 Å². The minimum atomic E-state index is -1.77. The zero-order valence-corrected chi connectivity index (χ0v) is 25.5. The fourth-order valence-corrected chi connectivity index (χ4v) is 5.30. The average molecular weight is 619 g/mol. The number of ketones is 2. The molecule has 0 fully saturated rings. The maximum absolute atomic E-state index is 12.9. The van der Waals surface area contributed by atoms with Gasteiger partial charge in [-0.15, -0.1) is 5.10 Å². The molecule has 1 atom stereocenters. The van der Waals surface area contributed by atoms with Crippen molar-refractivity contribution in [3.8, 4) is 11.4 Å². The normalized spacial score (nSPS) is 11.8. The van der Waals surface area contributed by atoms with Crippen molar-refractivity contribution in [2.75, 3.05) is 0 Å². The van der Waals surface area contributed by atoms with Crippen LogP contribution in [0.2, 0.25) is 5.82 Å². The highest BCUT2D eigenvalue weighted by molar-refractivity contribution is 6.43. The molecular formula is C34H35BN6O5. The summed E-state index contributed by atoms with van der Waals surface area (Å²) in [5.74, 6) is -1.53. The van der Waals surface area contributed by atoms with Crippen LogP contribution in [0, 0.1) is 0 Å². The lowest BCUT2D eigenvalue weighted by molar-refractivity contribution is -0.118. The number of aromatic nitrogens is 5. The maximum Gasteiger partial charge on any atom is 0.455 e. The van der Waals surface area contributed by atoms with E-state index in [2.05, 4.69) is 25.2 Å². The van der Waals surface area contributed by atoms with E-state index < -0.39 is 12.9 Å². The number of hydrogen-bond acceptors (Lipinski definition) is 10. The number of hydrogen-bond donors (Lipinski definition) is 3. The molecule has 0 saturated heterocycles. The Bertz CT molecular complexity index is 1710. The number of phenols is 1. The first-order valence-electron chi connectivity index (χ1n) is 15.0. The van der Waals surface area contributed by atoms with Gasteiger partial charge in [-0.2, -0.15) is 0 Å². The van der Waals surface area contributed by atoms with Crippen LogP contribution in [0.15, 0.2) is 97.5 Å². The Labute approximate surface area is 267 Å². The monoisotopic (exact) mass is 618 g/mol. The van der Waals surface area contributed by atoms with E-state index in [0.717, 1.165) is 28.3 Å². The van der Waals surface area contributed by atoms with Gasteiger partial charge < -0.3 is 15.2 Å². The summed E-state index contributed by atoms with van der Waals surface area (Å²) in [5, 5.41) is 39.1. The zero-order chi connectivity index (χ0) is 32.5. The highest BCUT2D eigenvalue weighted by Gasteiger charge is 2.28. The van der Waals surface area contributed by atoms with E-state index >= 15 is 0 Å². The lowest BCUT2D eigenvalue weighted by atomic mass is 9.66. The molecule has 0 aliphatic carbocycles. The molecule has 3 heterocycles. The Hall–Kier alpha value is -5.04. The molecule has 11 nitrogen and oxygen atoms in total. The van der Waals surface area contributed by atoms with Gasteiger partial charge in [-0.3, -0.25) is 24.5 Å². The van der Waals surface area contributed by atoms with Crippen molar-refractivity contribution in [3.63, 3.8) is 0 Å². The summed E-state index contributed by atoms with van der Waals surface area (Å²) in [7, 11) is -1.77. The van der Waals surface area contributed by atoms with Crippen molar-refractivity contribution < 1.29 is 24.7 Å². The summed E-state index contributed by atoms with van der Waals surface area (Å²) >= 11 is 0. The number of carbonyl (C=O) groups excluding carboxylic acids is 2. The van der Waals surface area contributed by atoms with Crippen LogP contribution in [0.1, 0.15) is 51.9 Å². The van der Waals surface area contributed by atoms with E-state index in [0.29, 0.717) is 25.2 Å². The fourth-order valence-electron chi connectivity index (χ4n) is 5.30. The molecule has 0 unspecified atom stereocenters. The van der Waals surface area contributed by atoms with Gasteiger partial charge in [-0.25, -0.2) is 4.68 Å². The van der Waals surface area contributed by atoms with Gasteiger partial charge in [0.05, 0.1) is 34.5 Å². The van der Waals surface area contributed by atoms with Gasteiger partial charge in [0.2, 0.25) is 0 Å². The molecule has 234 valence electrons. The van der Waals surface area contributed by atoms with Crippen LogP contribution >= 0.6 is 0 Å². The number of aromatic hydroxyl groups is 1. The van der Waals surface area contributed by atoms with Gasteiger partial charge in [-0.05, 0) is 66.9 Å². The molecule has 46 heavy (non-hydrogen) atoms. The average Bonchev–Trinajstić information content (AvgIpc) is 3.51. The number of Topliss-reactive ketones (excluding diaryl/α,β-unsaturated/α-hetero) is 2. The molecule has 5 rings (SSSR count). The first-order chi connectivity index (χ1) is 22.2. The Morgan fingerprint density at radius 1 is 0.848 bits per heavy atom. The summed E-state index contributed by atoms with van der Waals surface area (Å²) in [4.78, 5) is 35.8. The molecule has 2 aromatic carbocycles. The molecule has 0 aliphatic heterocycles. The van der Waals surface area contributed by atoms with Gasteiger partial charge in [0.1, 0.15) is 11.5 Å². The predicted molar refractivity (Wildman–Crippen MR) is 172 cm³/mol. The van der Waals surface area contributed by atoms with Crippen molar-refractivity contribution in [2.45, 2.75) is 51.6 Å². The molecule has 0 saturated carbocycles. The summed E-state index contributed by atoms with van der Waals surface area (Å²) in [5.41, 5.74) is 4.73. The molecule has 3 aromatic heterocycles. The minimum Gasteiger partial charge on any atom is -0.507 e. The number of rotatable bonds is 15. The van der Waals surface area contributed by atoms with Gasteiger partial charge in [0, 0.05) is 50.7 Å². The third-order valence-corrected chi connectivity index (χ3v) is 7.64. The van der Waals surface area contributed by atoms with E-state index in [1.165, 1.54) is 13.0 Å². The number of pyridine rings is 2. The summed E-state index contributed by atoms with van der Waals surface area (Å²) < 4.78 is 1.68. The third kappa shape index (κ3) is 8.78. The van der Waals surface area contributed by atoms with E-state index in [4.69, 9.17) is 0 Å². The standard InChI is InChI=1S/C34H35BN6O5/c1-24(42)33-10-6-7-26(34(33)44)18-27(35(45)46)19-32(43)17-25-11-13-31(14-12-25)41-23-30(38-39-41)22-40(20-28-8-2-4-15-36-28)21-29-9-3-5-16-37-29/h2-16,23,27,44-46H,17-22H2,1H3/t27-/m1/s1. The van der Waals surface area contributed by atoms with Crippen LogP contribution in [0.4, 0.5) is 0 Å². The Morgan fingerprint density at radius 3 is 2.09 bits per heavy atom. The van der Waals surface area contributed by atoms with E-state index in [1.807, 2.05) is 66.9 Å². The summed E-state index contributed by atoms with van der Waals surface area (Å²) in [6.07, 6.45) is 5.44. The summed E-state index contributed by atoms with van der Waals surface area (Å²) in [6.45, 7) is 3.12. The van der Waals surface area contributed by atoms with E-state index in [1.54, 1.807) is 29.2 Å². The SMILES string of the molecule is CC(=O)c1cccc(C[C@H](CC(=O)Cc2ccc(-n3cc(CN(Cc4ccccn4)Cc4ccccn4)nn3)cc2)B(O)O)c1O. The molecule has 0 aliphatic rings. The van der Waals surface area contributed by atoms with Crippen LogP contribution in [0.5, 0.6) is 5.75 Å². The number of nitrogens with zero attached hydrogens (tertiary/aromatic N) is 6. The largest absolute Gasteiger partial charge is 0.507 e. The number of para-hydroxylation sites is 1. The second kappa shape index (κ2) is 15.3. The molecule has 0 bridgehead atoms. The van der Waals surface area contributed by atoms with Crippen LogP contribution < -0.4 is 0 Å². The highest BCUT2D eigenvalue weighted by atomic mass is 16.4. The second-order valence-electron chi connectivity index (χ2n) is 11.3. The van der Waals surface area contributed by atoms with Crippen LogP contribution in [0.3, 0.4) is 0 Å². The Morgan fingerprint density at radius 2 is 1.50 bits per heavy atom. The number of phenolic OH excluding ortho intramolecular Hbond substituents is 1. The smallest absolute Gasteiger partial charge is 0.455 e. The van der Waals surface area contributed by atoms with E-state index in [-0.39, 0.29) is 42.1 Å². The molecule has 0 spiro atoms. The third-order valence-electron chi connectivity index (χ3n) is 7.64. The van der Waals surface area contributed by atoms with Gasteiger partial charge >= 0.3 is 7.12 Å². The highest BCUT2D eigenvalue weighted by Crippen LogP contribution is 2.29. The molecule has 0 radical (unpaired) electrons.